The summed E-state index contributed by atoms with van der Waals surface area (Å²) in [6, 6.07) is 6.51. The minimum atomic E-state index is -0.229. The topological polar surface area (TPSA) is 67.2 Å². The molecule has 0 spiro atoms. The van der Waals surface area contributed by atoms with Crippen molar-refractivity contribution in [2.24, 2.45) is 7.05 Å². The zero-order chi connectivity index (χ0) is 23.1. The molecule has 0 unspecified atom stereocenters. The van der Waals surface area contributed by atoms with E-state index in [0.717, 1.165) is 55.0 Å². The number of anilines is 1. The second kappa shape index (κ2) is 8.57. The van der Waals surface area contributed by atoms with Crippen molar-refractivity contribution in [2.75, 3.05) is 18.0 Å². The minimum Gasteiger partial charge on any atom is -0.352 e. The van der Waals surface area contributed by atoms with Crippen LogP contribution >= 0.6 is 0 Å². The maximum Gasteiger partial charge on any atom is 0.257 e. The van der Waals surface area contributed by atoms with Gasteiger partial charge in [-0.05, 0) is 57.2 Å². The smallest absolute Gasteiger partial charge is 0.257 e. The van der Waals surface area contributed by atoms with E-state index in [0.29, 0.717) is 24.5 Å². The number of carbonyl (C=O) groups excluding carboxylic acids is 1. The van der Waals surface area contributed by atoms with Crippen molar-refractivity contribution in [1.82, 2.24) is 24.6 Å². The molecule has 1 fully saturated rings. The largest absolute Gasteiger partial charge is 0.352 e. The van der Waals surface area contributed by atoms with Crippen LogP contribution in [0, 0.1) is 19.7 Å². The third kappa shape index (κ3) is 4.10. The molecule has 7 nitrogen and oxygen atoms in total. The van der Waals surface area contributed by atoms with Gasteiger partial charge in [-0.25, -0.2) is 14.4 Å². The highest BCUT2D eigenvalue weighted by molar-refractivity contribution is 5.95. The molecule has 5 rings (SSSR count). The van der Waals surface area contributed by atoms with Crippen LogP contribution in [0.3, 0.4) is 0 Å². The Morgan fingerprint density at radius 2 is 1.88 bits per heavy atom. The van der Waals surface area contributed by atoms with Crippen molar-refractivity contribution in [3.8, 4) is 0 Å². The summed E-state index contributed by atoms with van der Waals surface area (Å²) in [5.41, 5.74) is 4.58. The van der Waals surface area contributed by atoms with Crippen molar-refractivity contribution in [3.05, 3.63) is 70.2 Å². The summed E-state index contributed by atoms with van der Waals surface area (Å²) in [4.78, 5) is 27.4. The lowest BCUT2D eigenvalue weighted by Gasteiger charge is -2.32. The van der Waals surface area contributed by atoms with Crippen molar-refractivity contribution in [3.63, 3.8) is 0 Å². The van der Waals surface area contributed by atoms with Gasteiger partial charge in [0.2, 0.25) is 0 Å². The molecule has 172 valence electrons. The molecule has 8 heteroatoms. The van der Waals surface area contributed by atoms with Crippen LogP contribution < -0.4 is 4.90 Å². The molecular weight excluding hydrogens is 419 g/mol. The van der Waals surface area contributed by atoms with E-state index in [-0.39, 0.29) is 17.8 Å². The number of fused-ring (bicyclic) bond motifs is 1. The molecule has 0 aliphatic carbocycles. The molecule has 2 aliphatic heterocycles. The molecule has 2 aliphatic rings. The molecule has 0 saturated carbocycles. The lowest BCUT2D eigenvalue weighted by Crippen LogP contribution is -2.34. The normalized spacial score (nSPS) is 18.0. The van der Waals surface area contributed by atoms with Gasteiger partial charge >= 0.3 is 0 Å². The van der Waals surface area contributed by atoms with Gasteiger partial charge in [-0.3, -0.25) is 9.48 Å². The zero-order valence-electron chi connectivity index (χ0n) is 19.4. The summed E-state index contributed by atoms with van der Waals surface area (Å²) in [6.45, 7) is 6.16. The van der Waals surface area contributed by atoms with Crippen molar-refractivity contribution >= 4 is 11.7 Å². The highest BCUT2D eigenvalue weighted by Gasteiger charge is 2.35. The molecular formula is C25H29FN6O. The van der Waals surface area contributed by atoms with Crippen molar-refractivity contribution in [1.29, 1.82) is 0 Å². The molecule has 1 amide bonds. The van der Waals surface area contributed by atoms with Crippen LogP contribution in [0.15, 0.2) is 30.5 Å². The molecule has 3 aromatic rings. The van der Waals surface area contributed by atoms with E-state index in [1.165, 1.54) is 17.7 Å². The minimum absolute atomic E-state index is 0.00904. The average Bonchev–Trinajstić information content (AvgIpc) is 3.41. The quantitative estimate of drug-likeness (QED) is 0.606. The standard InChI is InChI=1S/C25H29FN6O/c1-16-20-6-4-12-31(14-18-8-10-19(26)11-9-18)24(20)28-23(27-16)22-7-5-13-32(22)25(33)21-15-30(3)29-17(21)2/h8-11,15,22H,4-7,12-14H2,1-3H3/t22-/m1/s1. The Kier molecular flexibility index (Phi) is 5.60. The Labute approximate surface area is 193 Å². The lowest BCUT2D eigenvalue weighted by atomic mass is 10.0. The Balaban J connectivity index is 1.46. The predicted octanol–water partition coefficient (Wildman–Crippen LogP) is 3.90. The molecule has 1 atom stereocenters. The second-order valence-corrected chi connectivity index (χ2v) is 9.08. The SMILES string of the molecule is Cc1nn(C)cc1C(=O)N1CCC[C@@H]1c1nc(C)c2c(n1)N(Cc1ccc(F)cc1)CCC2. The van der Waals surface area contributed by atoms with Gasteiger partial charge in [0.05, 0.1) is 17.3 Å². The molecule has 1 saturated heterocycles. The van der Waals surface area contributed by atoms with Gasteiger partial charge in [0, 0.05) is 44.1 Å². The molecule has 4 heterocycles. The molecule has 0 N–H and O–H groups in total. The molecule has 33 heavy (non-hydrogen) atoms. The maximum atomic E-state index is 13.4. The fourth-order valence-electron chi connectivity index (χ4n) is 5.06. The molecule has 1 aromatic carbocycles. The van der Waals surface area contributed by atoms with Crippen LogP contribution in [0.4, 0.5) is 10.2 Å². The Morgan fingerprint density at radius 1 is 1.09 bits per heavy atom. The average molecular weight is 449 g/mol. The summed E-state index contributed by atoms with van der Waals surface area (Å²) in [5.74, 6) is 1.42. The van der Waals surface area contributed by atoms with E-state index >= 15 is 0 Å². The van der Waals surface area contributed by atoms with E-state index in [4.69, 9.17) is 9.97 Å². The number of carbonyl (C=O) groups is 1. The summed E-state index contributed by atoms with van der Waals surface area (Å²) >= 11 is 0. The predicted molar refractivity (Wildman–Crippen MR) is 123 cm³/mol. The number of aromatic nitrogens is 4. The van der Waals surface area contributed by atoms with Crippen LogP contribution in [0.5, 0.6) is 0 Å². The highest BCUT2D eigenvalue weighted by Crippen LogP contribution is 2.35. The van der Waals surface area contributed by atoms with E-state index in [1.807, 2.05) is 37.9 Å². The summed E-state index contributed by atoms with van der Waals surface area (Å²) in [5, 5.41) is 4.34. The number of nitrogens with zero attached hydrogens (tertiary/aromatic N) is 6. The first-order chi connectivity index (χ1) is 15.9. The van der Waals surface area contributed by atoms with Crippen LogP contribution in [0.25, 0.3) is 0 Å². The number of rotatable bonds is 4. The van der Waals surface area contributed by atoms with Gasteiger partial charge < -0.3 is 9.80 Å². The molecule has 0 radical (unpaired) electrons. The van der Waals surface area contributed by atoms with E-state index in [2.05, 4.69) is 10.00 Å². The van der Waals surface area contributed by atoms with Gasteiger partial charge in [0.1, 0.15) is 11.6 Å². The van der Waals surface area contributed by atoms with Crippen LogP contribution in [-0.4, -0.2) is 43.6 Å². The van der Waals surface area contributed by atoms with Crippen LogP contribution in [0.1, 0.15) is 64.0 Å². The monoisotopic (exact) mass is 448 g/mol. The second-order valence-electron chi connectivity index (χ2n) is 9.08. The van der Waals surface area contributed by atoms with Gasteiger partial charge in [-0.1, -0.05) is 12.1 Å². The fraction of sp³-hybridized carbons (Fsp3) is 0.440. The Bertz CT molecular complexity index is 1190. The number of aryl methyl sites for hydroxylation is 3. The summed E-state index contributed by atoms with van der Waals surface area (Å²) in [7, 11) is 1.83. The zero-order valence-corrected chi connectivity index (χ0v) is 19.4. The summed E-state index contributed by atoms with van der Waals surface area (Å²) in [6.07, 6.45) is 5.54. The highest BCUT2D eigenvalue weighted by atomic mass is 19.1. The van der Waals surface area contributed by atoms with Crippen LogP contribution in [0.2, 0.25) is 0 Å². The number of amides is 1. The van der Waals surface area contributed by atoms with Gasteiger partial charge in [-0.15, -0.1) is 0 Å². The van der Waals surface area contributed by atoms with E-state index in [1.54, 1.807) is 10.9 Å². The first-order valence-corrected chi connectivity index (χ1v) is 11.6. The van der Waals surface area contributed by atoms with Crippen molar-refractivity contribution in [2.45, 2.75) is 52.1 Å². The van der Waals surface area contributed by atoms with Gasteiger partial charge in [0.25, 0.3) is 5.91 Å². The fourth-order valence-corrected chi connectivity index (χ4v) is 5.06. The Morgan fingerprint density at radius 3 is 2.61 bits per heavy atom. The number of likely N-dealkylation sites (tertiary alicyclic amines) is 1. The third-order valence-corrected chi connectivity index (χ3v) is 6.71. The van der Waals surface area contributed by atoms with Crippen molar-refractivity contribution < 1.29 is 9.18 Å². The summed E-state index contributed by atoms with van der Waals surface area (Å²) < 4.78 is 15.0. The van der Waals surface area contributed by atoms with E-state index < -0.39 is 0 Å². The Hall–Kier alpha value is -3.29. The van der Waals surface area contributed by atoms with Gasteiger partial charge in [-0.2, -0.15) is 5.10 Å². The van der Waals surface area contributed by atoms with E-state index in [9.17, 15) is 9.18 Å². The number of benzene rings is 1. The number of hydrogen-bond donors (Lipinski definition) is 0. The maximum absolute atomic E-state index is 13.4. The molecule has 2 aromatic heterocycles. The first-order valence-electron chi connectivity index (χ1n) is 11.6. The number of hydrogen-bond acceptors (Lipinski definition) is 5. The molecule has 0 bridgehead atoms. The first kappa shape index (κ1) is 21.6. The van der Waals surface area contributed by atoms with Gasteiger partial charge in [0.15, 0.2) is 5.82 Å². The lowest BCUT2D eigenvalue weighted by molar-refractivity contribution is 0.0729. The number of halogens is 1. The van der Waals surface area contributed by atoms with Crippen LogP contribution in [-0.2, 0) is 20.0 Å². The third-order valence-electron chi connectivity index (χ3n) is 6.71.